The van der Waals surface area contributed by atoms with Crippen LogP contribution < -0.4 is 0 Å². The number of hydrogen-bond acceptors (Lipinski definition) is 2. The number of rotatable bonds is 3. The van der Waals surface area contributed by atoms with Crippen LogP contribution in [-0.2, 0) is 12.8 Å². The minimum atomic E-state index is 1.05. The van der Waals surface area contributed by atoms with Crippen LogP contribution in [0.3, 0.4) is 0 Å². The molecule has 0 radical (unpaired) electrons. The average molecular weight is 634 g/mol. The third kappa shape index (κ3) is 3.64. The molecule has 1 nitrogen and oxygen atoms in total. The van der Waals surface area contributed by atoms with Crippen LogP contribution in [0.25, 0.3) is 90.1 Å². The summed E-state index contributed by atoms with van der Waals surface area (Å²) in [5, 5.41) is 8.24. The molecule has 3 aromatic heterocycles. The van der Waals surface area contributed by atoms with Gasteiger partial charge in [0.2, 0.25) is 0 Å². The number of thiophene rings is 2. The molecule has 220 valence electrons. The minimum Gasteiger partial charge on any atom is -0.309 e. The van der Waals surface area contributed by atoms with Gasteiger partial charge in [-0.2, -0.15) is 0 Å². The van der Waals surface area contributed by atoms with Gasteiger partial charge in [0.1, 0.15) is 0 Å². The Morgan fingerprint density at radius 3 is 1.43 bits per heavy atom. The summed E-state index contributed by atoms with van der Waals surface area (Å²) >= 11 is 3.83. The lowest BCUT2D eigenvalue weighted by atomic mass is 9.87. The maximum atomic E-state index is 2.53. The molecule has 11 rings (SSSR count). The van der Waals surface area contributed by atoms with Gasteiger partial charge in [-0.3, -0.25) is 0 Å². The summed E-state index contributed by atoms with van der Waals surface area (Å²) in [4.78, 5) is 0. The largest absolute Gasteiger partial charge is 0.309 e. The fourth-order valence-electron chi connectivity index (χ4n) is 8.21. The van der Waals surface area contributed by atoms with Crippen molar-refractivity contribution in [1.29, 1.82) is 0 Å². The Morgan fingerprint density at radius 1 is 0.426 bits per heavy atom. The number of aromatic nitrogens is 1. The maximum Gasteiger partial charge on any atom is 0.0550 e. The SMILES string of the molecule is c1ccc(-n2c3cc(-c4cccc5c4sc4ccccc45)cc4c3c3c(cc(-c5cccc6c5sc5ccccc56)cc32)CC4)cc1. The molecule has 0 saturated carbocycles. The van der Waals surface area contributed by atoms with E-state index in [1.54, 1.807) is 0 Å². The highest BCUT2D eigenvalue weighted by Crippen LogP contribution is 2.47. The second-order valence-corrected chi connectivity index (χ2v) is 14.9. The molecule has 1 aliphatic rings. The van der Waals surface area contributed by atoms with E-state index in [1.165, 1.54) is 101 Å². The Labute approximate surface area is 279 Å². The highest BCUT2D eigenvalue weighted by atomic mass is 32.1. The van der Waals surface area contributed by atoms with E-state index in [0.29, 0.717) is 0 Å². The molecule has 0 bridgehead atoms. The zero-order valence-electron chi connectivity index (χ0n) is 25.5. The number of nitrogens with zero attached hydrogens (tertiary/aromatic N) is 1. The van der Waals surface area contributed by atoms with Gasteiger partial charge in [-0.05, 0) is 82.6 Å². The van der Waals surface area contributed by atoms with Crippen molar-refractivity contribution in [2.45, 2.75) is 12.8 Å². The molecule has 0 aliphatic heterocycles. The normalized spacial score (nSPS) is 12.9. The fraction of sp³-hybridized carbons (Fsp3) is 0.0455. The van der Waals surface area contributed by atoms with Crippen LogP contribution in [0.4, 0.5) is 0 Å². The standard InChI is InChI=1S/C44H27NS2/c1-2-10-30(11-3-1)45-37-24-28(31-14-8-16-35-33-12-4-6-18-39(33)46-43(31)35)22-26-20-21-27-23-29(25-38(45)42(27)41(26)37)32-15-9-17-36-34-13-5-7-19-40(34)47-44(32)36/h1-19,22-25H,20-21H2. The van der Waals surface area contributed by atoms with Crippen molar-refractivity contribution >= 4 is 84.8 Å². The third-order valence-electron chi connectivity index (χ3n) is 10.2. The van der Waals surface area contributed by atoms with Crippen LogP contribution in [0, 0.1) is 0 Å². The highest BCUT2D eigenvalue weighted by molar-refractivity contribution is 7.26. The van der Waals surface area contributed by atoms with Crippen molar-refractivity contribution in [1.82, 2.24) is 4.57 Å². The summed E-state index contributed by atoms with van der Waals surface area (Å²) in [6.07, 6.45) is 2.09. The molecular weight excluding hydrogens is 607 g/mol. The van der Waals surface area contributed by atoms with Crippen molar-refractivity contribution < 1.29 is 0 Å². The highest BCUT2D eigenvalue weighted by Gasteiger charge is 2.25. The van der Waals surface area contributed by atoms with E-state index < -0.39 is 0 Å². The van der Waals surface area contributed by atoms with Crippen molar-refractivity contribution in [2.75, 3.05) is 0 Å². The van der Waals surface area contributed by atoms with Crippen LogP contribution >= 0.6 is 22.7 Å². The molecule has 3 heterocycles. The van der Waals surface area contributed by atoms with Crippen LogP contribution in [0.15, 0.2) is 140 Å². The first-order valence-electron chi connectivity index (χ1n) is 16.3. The molecule has 7 aromatic carbocycles. The number of hydrogen-bond donors (Lipinski definition) is 0. The summed E-state index contributed by atoms with van der Waals surface area (Å²) in [5.41, 5.74) is 12.0. The van der Waals surface area contributed by atoms with E-state index in [0.717, 1.165) is 12.8 Å². The summed E-state index contributed by atoms with van der Waals surface area (Å²) in [6, 6.07) is 52.2. The Kier molecular flexibility index (Phi) is 5.32. The minimum absolute atomic E-state index is 1.05. The van der Waals surface area contributed by atoms with E-state index in [2.05, 4.69) is 144 Å². The molecule has 0 atom stereocenters. The van der Waals surface area contributed by atoms with Gasteiger partial charge in [-0.25, -0.2) is 0 Å². The predicted molar refractivity (Wildman–Crippen MR) is 205 cm³/mol. The lowest BCUT2D eigenvalue weighted by Crippen LogP contribution is -2.00. The molecule has 0 N–H and O–H groups in total. The first-order chi connectivity index (χ1) is 23.3. The Morgan fingerprint density at radius 2 is 0.894 bits per heavy atom. The van der Waals surface area contributed by atoms with Crippen LogP contribution in [0.5, 0.6) is 0 Å². The zero-order valence-corrected chi connectivity index (χ0v) is 27.1. The molecule has 47 heavy (non-hydrogen) atoms. The molecular formula is C44H27NS2. The smallest absolute Gasteiger partial charge is 0.0550 e. The zero-order chi connectivity index (χ0) is 30.6. The number of aryl methyl sites for hydroxylation is 2. The van der Waals surface area contributed by atoms with E-state index in [-0.39, 0.29) is 0 Å². The monoisotopic (exact) mass is 633 g/mol. The Bertz CT molecular complexity index is 2720. The summed E-state index contributed by atoms with van der Waals surface area (Å²) in [6.45, 7) is 0. The van der Waals surface area contributed by atoms with Gasteiger partial charge in [-0.1, -0.05) is 103 Å². The quantitative estimate of drug-likeness (QED) is 0.182. The second kappa shape index (κ2) is 9.65. The van der Waals surface area contributed by atoms with Gasteiger partial charge in [-0.15, -0.1) is 22.7 Å². The number of fused-ring (bicyclic) bond motifs is 6. The maximum absolute atomic E-state index is 2.53. The Hall–Kier alpha value is -5.22. The number of para-hydroxylation sites is 1. The fourth-order valence-corrected chi connectivity index (χ4v) is 10.7. The first kappa shape index (κ1) is 25.9. The first-order valence-corrected chi connectivity index (χ1v) is 17.9. The predicted octanol–water partition coefficient (Wildman–Crippen LogP) is 13.0. The van der Waals surface area contributed by atoms with E-state index >= 15 is 0 Å². The van der Waals surface area contributed by atoms with Crippen molar-refractivity contribution in [3.63, 3.8) is 0 Å². The van der Waals surface area contributed by atoms with E-state index in [1.807, 2.05) is 22.7 Å². The third-order valence-corrected chi connectivity index (χ3v) is 12.7. The van der Waals surface area contributed by atoms with Gasteiger partial charge in [0.05, 0.1) is 11.0 Å². The van der Waals surface area contributed by atoms with Crippen molar-refractivity contribution in [2.24, 2.45) is 0 Å². The molecule has 1 aliphatic carbocycles. The van der Waals surface area contributed by atoms with Crippen LogP contribution in [0.1, 0.15) is 11.1 Å². The lowest BCUT2D eigenvalue weighted by molar-refractivity contribution is 0.970. The molecule has 0 fully saturated rings. The van der Waals surface area contributed by atoms with Gasteiger partial charge in [0.25, 0.3) is 0 Å². The van der Waals surface area contributed by atoms with Crippen molar-refractivity contribution in [3.05, 3.63) is 151 Å². The summed E-state index contributed by atoms with van der Waals surface area (Å²) < 4.78 is 7.98. The molecule has 10 aromatic rings. The molecule has 3 heteroatoms. The van der Waals surface area contributed by atoms with Crippen LogP contribution in [0.2, 0.25) is 0 Å². The van der Waals surface area contributed by atoms with Crippen LogP contribution in [-0.4, -0.2) is 4.57 Å². The summed E-state index contributed by atoms with van der Waals surface area (Å²) in [5.74, 6) is 0. The number of benzene rings is 7. The van der Waals surface area contributed by atoms with Gasteiger partial charge < -0.3 is 4.57 Å². The lowest BCUT2D eigenvalue weighted by Gasteiger charge is -2.16. The second-order valence-electron chi connectivity index (χ2n) is 12.8. The van der Waals surface area contributed by atoms with E-state index in [4.69, 9.17) is 0 Å². The van der Waals surface area contributed by atoms with Gasteiger partial charge in [0, 0.05) is 56.8 Å². The molecule has 0 amide bonds. The Balaban J connectivity index is 1.23. The molecule has 0 unspecified atom stereocenters. The van der Waals surface area contributed by atoms with Gasteiger partial charge in [0.15, 0.2) is 0 Å². The van der Waals surface area contributed by atoms with E-state index in [9.17, 15) is 0 Å². The molecule has 0 spiro atoms. The van der Waals surface area contributed by atoms with Crippen molar-refractivity contribution in [3.8, 4) is 27.9 Å². The molecule has 0 saturated heterocycles. The average Bonchev–Trinajstić information content (AvgIpc) is 3.80. The van der Waals surface area contributed by atoms with Gasteiger partial charge >= 0.3 is 0 Å². The summed E-state index contributed by atoms with van der Waals surface area (Å²) in [7, 11) is 0. The topological polar surface area (TPSA) is 4.93 Å².